The molecule has 0 saturated carbocycles. The largest absolute Gasteiger partial charge is 0.399 e. The van der Waals surface area contributed by atoms with Crippen molar-refractivity contribution in [1.29, 1.82) is 0 Å². The third-order valence-corrected chi connectivity index (χ3v) is 15.3. The van der Waals surface area contributed by atoms with Crippen LogP contribution < -0.4 is 4.52 Å². The third-order valence-electron chi connectivity index (χ3n) is 11.1. The summed E-state index contributed by atoms with van der Waals surface area (Å²) in [6.07, 6.45) is 0.682. The summed E-state index contributed by atoms with van der Waals surface area (Å²) in [5.74, 6) is 0. The number of rotatable bonds is 6. The molecule has 5 heteroatoms. The van der Waals surface area contributed by atoms with Gasteiger partial charge in [-0.1, -0.05) is 164 Å². The maximum atomic E-state index is 7.40. The molecule has 52 heavy (non-hydrogen) atoms. The predicted molar refractivity (Wildman–Crippen MR) is 219 cm³/mol. The molecule has 0 saturated heterocycles. The van der Waals surface area contributed by atoms with E-state index in [0.717, 1.165) is 55.2 Å². The van der Waals surface area contributed by atoms with Crippen molar-refractivity contribution in [3.63, 3.8) is 0 Å². The third kappa shape index (κ3) is 4.96. The quantitative estimate of drug-likeness (QED) is 0.161. The minimum Gasteiger partial charge on any atom is -0.399 e. The maximum Gasteiger partial charge on any atom is 0.388 e. The predicted octanol–water partition coefficient (Wildman–Crippen LogP) is 14.1. The molecule has 2 aliphatic rings. The molecule has 252 valence electrons. The van der Waals surface area contributed by atoms with Crippen LogP contribution in [0.2, 0.25) is 0 Å². The monoisotopic (exact) mass is 710 g/mol. The highest BCUT2D eigenvalue weighted by molar-refractivity contribution is 7.73. The molecule has 7 aromatic carbocycles. The van der Waals surface area contributed by atoms with Crippen molar-refractivity contribution in [3.05, 3.63) is 191 Å². The lowest BCUT2D eigenvalue weighted by Gasteiger charge is -2.33. The molecule has 2 bridgehead atoms. The van der Waals surface area contributed by atoms with E-state index in [2.05, 4.69) is 178 Å². The number of hydrogen-bond acceptors (Lipinski definition) is 3. The molecule has 2 aliphatic heterocycles. The number of allylic oxidation sites excluding steroid dienone is 2. The van der Waals surface area contributed by atoms with Gasteiger partial charge in [-0.15, -0.1) is 0 Å². The molecule has 3 atom stereocenters. The molecule has 3 nitrogen and oxygen atoms in total. The van der Waals surface area contributed by atoms with Gasteiger partial charge in [0.15, 0.2) is 0 Å². The van der Waals surface area contributed by atoms with Gasteiger partial charge < -0.3 is 8.39 Å². The number of fused-ring (bicyclic) bond motifs is 9. The zero-order valence-electron chi connectivity index (χ0n) is 29.0. The SMILES string of the molecule is CC1=C(c2ccccc2)P2C[C@@]1(C)C(c1ccccc1)=C2[C@H](Op1oc2ccc3ccccc3c2c2c(ccc3ccccc32)o1)c1ccccc1. The van der Waals surface area contributed by atoms with Gasteiger partial charge in [0, 0.05) is 16.2 Å². The second kappa shape index (κ2) is 12.5. The first-order chi connectivity index (χ1) is 25.6. The minimum absolute atomic E-state index is 0.126. The summed E-state index contributed by atoms with van der Waals surface area (Å²) in [6.45, 7) is 4.80. The van der Waals surface area contributed by atoms with Crippen LogP contribution in [0.3, 0.4) is 0 Å². The highest BCUT2D eigenvalue weighted by Crippen LogP contribution is 2.79. The summed E-state index contributed by atoms with van der Waals surface area (Å²) in [7, 11) is -2.63. The van der Waals surface area contributed by atoms with Crippen molar-refractivity contribution < 1.29 is 12.9 Å². The molecule has 10 rings (SSSR count). The van der Waals surface area contributed by atoms with Crippen molar-refractivity contribution in [1.82, 2.24) is 0 Å². The smallest absolute Gasteiger partial charge is 0.388 e. The van der Waals surface area contributed by atoms with Crippen LogP contribution in [0.15, 0.2) is 183 Å². The number of benzene rings is 7. The zero-order chi connectivity index (χ0) is 34.8. The van der Waals surface area contributed by atoms with E-state index in [4.69, 9.17) is 12.9 Å². The Morgan fingerprint density at radius 2 is 1.08 bits per heavy atom. The topological polar surface area (TPSA) is 35.5 Å². The Bertz CT molecular complexity index is 2670. The Balaban J connectivity index is 1.25. The van der Waals surface area contributed by atoms with E-state index in [1.807, 2.05) is 0 Å². The average molecular weight is 711 g/mol. The van der Waals surface area contributed by atoms with Gasteiger partial charge in [-0.05, 0) is 87.6 Å². The summed E-state index contributed by atoms with van der Waals surface area (Å²) in [5.41, 5.74) is 7.93. The maximum absolute atomic E-state index is 7.40. The molecule has 1 aromatic heterocycles. The van der Waals surface area contributed by atoms with Gasteiger partial charge in [-0.2, -0.15) is 0 Å². The number of hydrogen-bond donors (Lipinski definition) is 0. The van der Waals surface area contributed by atoms with Gasteiger partial charge in [0.05, 0.1) is 0 Å². The van der Waals surface area contributed by atoms with Gasteiger partial charge >= 0.3 is 8.24 Å². The van der Waals surface area contributed by atoms with Crippen molar-refractivity contribution in [2.45, 2.75) is 20.0 Å². The molecule has 3 heterocycles. The Morgan fingerprint density at radius 1 is 0.577 bits per heavy atom. The normalized spacial score (nSPS) is 19.0. The molecule has 0 N–H and O–H groups in total. The van der Waals surface area contributed by atoms with Crippen molar-refractivity contribution in [2.24, 2.45) is 5.41 Å². The van der Waals surface area contributed by atoms with Crippen molar-refractivity contribution in [3.8, 4) is 0 Å². The second-order valence-corrected chi connectivity index (χ2v) is 17.1. The van der Waals surface area contributed by atoms with Crippen LogP contribution in [0, 0.1) is 5.41 Å². The molecule has 0 radical (unpaired) electrons. The van der Waals surface area contributed by atoms with Crippen molar-refractivity contribution in [2.75, 3.05) is 6.16 Å². The lowest BCUT2D eigenvalue weighted by molar-refractivity contribution is 0.310. The van der Waals surface area contributed by atoms with E-state index >= 15 is 0 Å². The fourth-order valence-electron chi connectivity index (χ4n) is 8.56. The Hall–Kier alpha value is -5.17. The standard InChI is InChI=1S/C47H36O3P2/c1-31-45(36-22-10-5-11-23-36)51-30-47(31,2)43(34-18-6-3-7-19-34)46(51)44(35-20-8-4-9-21-35)50-52-48-39-28-26-32-16-12-14-24-37(32)41(39)42-38-25-15-13-17-33(38)27-29-40(42)49-52/h3-29,44H,30H2,1-2H3/t44-,47-,51?/m1/s1. The van der Waals surface area contributed by atoms with Crippen LogP contribution in [0.25, 0.3) is 54.4 Å². The summed E-state index contributed by atoms with van der Waals surface area (Å²) < 4.78 is 21.4. The van der Waals surface area contributed by atoms with Crippen LogP contribution in [0.4, 0.5) is 0 Å². The molecular formula is C47H36O3P2. The van der Waals surface area contributed by atoms with Crippen LogP contribution >= 0.6 is 16.2 Å². The van der Waals surface area contributed by atoms with Crippen LogP contribution in [-0.4, -0.2) is 6.16 Å². The average Bonchev–Trinajstić information content (AvgIpc) is 3.57. The highest BCUT2D eigenvalue weighted by Gasteiger charge is 2.54. The van der Waals surface area contributed by atoms with Crippen LogP contribution in [-0.2, 0) is 0 Å². The Kier molecular flexibility index (Phi) is 7.59. The first kappa shape index (κ1) is 31.6. The van der Waals surface area contributed by atoms with E-state index in [9.17, 15) is 0 Å². The van der Waals surface area contributed by atoms with Gasteiger partial charge in [0.1, 0.15) is 17.3 Å². The highest BCUT2D eigenvalue weighted by atomic mass is 31.1. The molecule has 1 unspecified atom stereocenters. The fourth-order valence-corrected chi connectivity index (χ4v) is 13.6. The molecule has 0 amide bonds. The fraction of sp³-hybridized carbons (Fsp3) is 0.106. The summed E-state index contributed by atoms with van der Waals surface area (Å²) in [5, 5.41) is 9.49. The van der Waals surface area contributed by atoms with Crippen LogP contribution in [0.1, 0.15) is 36.6 Å². The van der Waals surface area contributed by atoms with E-state index in [1.54, 1.807) is 0 Å². The van der Waals surface area contributed by atoms with Crippen molar-refractivity contribution >= 4 is 70.5 Å². The van der Waals surface area contributed by atoms with E-state index in [1.165, 1.54) is 32.9 Å². The first-order valence-electron chi connectivity index (χ1n) is 17.8. The minimum atomic E-state index is -1.89. The first-order valence-corrected chi connectivity index (χ1v) is 20.5. The summed E-state index contributed by atoms with van der Waals surface area (Å²) in [6, 6.07) is 58.1. The molecule has 8 aromatic rings. The molecule has 0 fully saturated rings. The molecular weight excluding hydrogens is 674 g/mol. The lowest BCUT2D eigenvalue weighted by Crippen LogP contribution is -2.20. The lowest BCUT2D eigenvalue weighted by atomic mass is 9.73. The molecule has 0 aliphatic carbocycles. The second-order valence-electron chi connectivity index (χ2n) is 14.0. The van der Waals surface area contributed by atoms with Gasteiger partial charge in [-0.3, -0.25) is 4.52 Å². The van der Waals surface area contributed by atoms with E-state index in [-0.39, 0.29) is 11.5 Å². The van der Waals surface area contributed by atoms with Crippen LogP contribution in [0.5, 0.6) is 0 Å². The zero-order valence-corrected chi connectivity index (χ0v) is 30.8. The van der Waals surface area contributed by atoms with Gasteiger partial charge in [-0.25, -0.2) is 0 Å². The Labute approximate surface area is 305 Å². The van der Waals surface area contributed by atoms with Gasteiger partial charge in [0.25, 0.3) is 0 Å². The Morgan fingerprint density at radius 3 is 1.65 bits per heavy atom. The van der Waals surface area contributed by atoms with E-state index in [0.29, 0.717) is 0 Å². The molecule has 0 spiro atoms. The summed E-state index contributed by atoms with van der Waals surface area (Å²) >= 11 is 0. The van der Waals surface area contributed by atoms with Gasteiger partial charge in [0.2, 0.25) is 0 Å². The summed E-state index contributed by atoms with van der Waals surface area (Å²) in [4.78, 5) is 0. The van der Waals surface area contributed by atoms with E-state index < -0.39 is 16.2 Å².